The zero-order chi connectivity index (χ0) is 24.1. The van der Waals surface area contributed by atoms with Crippen LogP contribution in [0.2, 0.25) is 0 Å². The average Bonchev–Trinajstić information content (AvgIpc) is 3.33. The molecule has 0 aliphatic rings. The third-order valence-corrected chi connectivity index (χ3v) is 6.59. The van der Waals surface area contributed by atoms with E-state index in [1.807, 2.05) is 24.4 Å². The molecule has 0 aliphatic heterocycles. The van der Waals surface area contributed by atoms with Crippen molar-refractivity contribution in [3.05, 3.63) is 58.0 Å². The summed E-state index contributed by atoms with van der Waals surface area (Å²) in [6, 6.07) is 10.2. The van der Waals surface area contributed by atoms with Crippen LogP contribution < -0.4 is 0 Å². The number of thiophene rings is 1. The number of ether oxygens (including phenoxy) is 1. The minimum absolute atomic E-state index is 0.0394. The number of nitrogens with zero attached hydrogens (tertiary/aromatic N) is 2. The lowest BCUT2D eigenvalue weighted by Gasteiger charge is -2.30. The Morgan fingerprint density at radius 2 is 1.82 bits per heavy atom. The zero-order valence-electron chi connectivity index (χ0n) is 20.1. The number of hydrogen-bond acceptors (Lipinski definition) is 4. The van der Waals surface area contributed by atoms with Gasteiger partial charge in [-0.3, -0.25) is 9.59 Å². The molecule has 0 unspecified atom stereocenters. The first kappa shape index (κ1) is 27.0. The molecule has 0 saturated carbocycles. The molecular formula is C26H37FN2O3S. The number of carbonyl (C=O) groups excluding carboxylic acids is 2. The fraction of sp³-hybridized carbons (Fsp3) is 0.538. The summed E-state index contributed by atoms with van der Waals surface area (Å²) in [5.74, 6) is -0.428. The summed E-state index contributed by atoms with van der Waals surface area (Å²) in [6.45, 7) is 6.05. The van der Waals surface area contributed by atoms with Crippen LogP contribution in [0.4, 0.5) is 4.39 Å². The lowest BCUT2D eigenvalue weighted by atomic mass is 9.97. The number of halogens is 1. The Morgan fingerprint density at radius 3 is 2.42 bits per heavy atom. The SMILES string of the molecule is CCCC[C@@H](CC)C(=O)N(CCCOC)CC(=O)N(Cc1ccc(F)cc1)Cc1cccs1. The van der Waals surface area contributed by atoms with E-state index in [0.29, 0.717) is 32.7 Å². The summed E-state index contributed by atoms with van der Waals surface area (Å²) in [5.41, 5.74) is 0.855. The molecule has 1 aromatic carbocycles. The number of rotatable bonds is 15. The Balaban J connectivity index is 2.17. The van der Waals surface area contributed by atoms with Gasteiger partial charge in [0.25, 0.3) is 0 Å². The number of carbonyl (C=O) groups is 2. The van der Waals surface area contributed by atoms with Gasteiger partial charge in [-0.25, -0.2) is 4.39 Å². The third-order valence-electron chi connectivity index (χ3n) is 5.73. The maximum absolute atomic E-state index is 13.4. The molecule has 1 heterocycles. The highest BCUT2D eigenvalue weighted by Gasteiger charge is 2.26. The molecule has 0 spiro atoms. The lowest BCUT2D eigenvalue weighted by Crippen LogP contribution is -2.45. The molecule has 2 rings (SSSR count). The van der Waals surface area contributed by atoms with Gasteiger partial charge in [-0.15, -0.1) is 11.3 Å². The predicted molar refractivity (Wildman–Crippen MR) is 131 cm³/mol. The Bertz CT molecular complexity index is 827. The standard InChI is InChI=1S/C26H37FN2O3S/c1-4-6-9-22(5-2)26(31)28(15-8-16-32-3)20-25(30)29(19-24-10-7-17-33-24)18-21-11-13-23(27)14-12-21/h7,10-14,17,22H,4-6,8-9,15-16,18-20H2,1-3H3/t22-/m1/s1. The van der Waals surface area contributed by atoms with Crippen LogP contribution in [-0.2, 0) is 27.4 Å². The molecule has 2 aromatic rings. The van der Waals surface area contributed by atoms with Crippen molar-refractivity contribution in [2.45, 2.75) is 59.0 Å². The second-order valence-corrected chi connectivity index (χ2v) is 9.34. The minimum atomic E-state index is -0.303. The zero-order valence-corrected chi connectivity index (χ0v) is 20.9. The quantitative estimate of drug-likeness (QED) is 0.319. The predicted octanol–water partition coefficient (Wildman–Crippen LogP) is 5.50. The van der Waals surface area contributed by atoms with Gasteiger partial charge in [0.15, 0.2) is 0 Å². The van der Waals surface area contributed by atoms with Crippen molar-refractivity contribution in [2.24, 2.45) is 5.92 Å². The molecular weight excluding hydrogens is 439 g/mol. The van der Waals surface area contributed by atoms with E-state index in [0.717, 1.165) is 36.1 Å². The molecule has 0 bridgehead atoms. The summed E-state index contributed by atoms with van der Waals surface area (Å²) in [5, 5.41) is 1.98. The molecule has 33 heavy (non-hydrogen) atoms. The summed E-state index contributed by atoms with van der Waals surface area (Å²) in [7, 11) is 1.64. The van der Waals surface area contributed by atoms with Crippen LogP contribution in [0.25, 0.3) is 0 Å². The Labute approximate surface area is 201 Å². The Kier molecular flexibility index (Phi) is 12.1. The van der Waals surface area contributed by atoms with Crippen LogP contribution in [0.5, 0.6) is 0 Å². The van der Waals surface area contributed by atoms with E-state index in [-0.39, 0.29) is 30.1 Å². The van der Waals surface area contributed by atoms with Crippen LogP contribution >= 0.6 is 11.3 Å². The molecule has 2 amide bonds. The summed E-state index contributed by atoms with van der Waals surface area (Å²) < 4.78 is 18.5. The van der Waals surface area contributed by atoms with E-state index in [1.54, 1.807) is 40.4 Å². The van der Waals surface area contributed by atoms with Gasteiger partial charge >= 0.3 is 0 Å². The van der Waals surface area contributed by atoms with Gasteiger partial charge in [0.05, 0.1) is 13.1 Å². The average molecular weight is 477 g/mol. The van der Waals surface area contributed by atoms with Crippen molar-refractivity contribution in [3.63, 3.8) is 0 Å². The van der Waals surface area contributed by atoms with Crippen LogP contribution in [-0.4, -0.2) is 48.4 Å². The van der Waals surface area contributed by atoms with Crippen molar-refractivity contribution in [3.8, 4) is 0 Å². The van der Waals surface area contributed by atoms with Gasteiger partial charge in [0.1, 0.15) is 5.82 Å². The molecule has 0 N–H and O–H groups in total. The van der Waals surface area contributed by atoms with Crippen molar-refractivity contribution >= 4 is 23.2 Å². The first-order chi connectivity index (χ1) is 16.0. The molecule has 7 heteroatoms. The maximum atomic E-state index is 13.4. The van der Waals surface area contributed by atoms with Gasteiger partial charge in [-0.05, 0) is 48.4 Å². The normalized spacial score (nSPS) is 11.9. The summed E-state index contributed by atoms with van der Waals surface area (Å²) in [6.07, 6.45) is 4.33. The van der Waals surface area contributed by atoms with E-state index in [2.05, 4.69) is 6.92 Å². The number of hydrogen-bond donors (Lipinski definition) is 0. The molecule has 182 valence electrons. The number of unbranched alkanes of at least 4 members (excludes halogenated alkanes) is 1. The molecule has 0 saturated heterocycles. The Hall–Kier alpha value is -2.25. The lowest BCUT2D eigenvalue weighted by molar-refractivity contribution is -0.144. The second kappa shape index (κ2) is 14.8. The number of amides is 2. The van der Waals surface area contributed by atoms with Gasteiger partial charge in [-0.2, -0.15) is 0 Å². The third kappa shape index (κ3) is 9.26. The molecule has 1 aromatic heterocycles. The fourth-order valence-corrected chi connectivity index (χ4v) is 4.49. The van der Waals surface area contributed by atoms with Gasteiger partial charge in [0, 0.05) is 37.6 Å². The van der Waals surface area contributed by atoms with E-state index >= 15 is 0 Å². The van der Waals surface area contributed by atoms with Crippen molar-refractivity contribution in [1.29, 1.82) is 0 Å². The highest BCUT2D eigenvalue weighted by Crippen LogP contribution is 2.19. The van der Waals surface area contributed by atoms with Gasteiger partial charge < -0.3 is 14.5 Å². The molecule has 0 radical (unpaired) electrons. The maximum Gasteiger partial charge on any atom is 0.242 e. The van der Waals surface area contributed by atoms with E-state index < -0.39 is 0 Å². The number of methoxy groups -OCH3 is 1. The summed E-state index contributed by atoms with van der Waals surface area (Å²) >= 11 is 1.59. The van der Waals surface area contributed by atoms with Gasteiger partial charge in [0.2, 0.25) is 11.8 Å². The first-order valence-electron chi connectivity index (χ1n) is 11.8. The van der Waals surface area contributed by atoms with E-state index in [1.165, 1.54) is 12.1 Å². The van der Waals surface area contributed by atoms with Crippen molar-refractivity contribution < 1.29 is 18.7 Å². The first-order valence-corrected chi connectivity index (χ1v) is 12.7. The second-order valence-electron chi connectivity index (χ2n) is 8.31. The van der Waals surface area contributed by atoms with Crippen LogP contribution in [0, 0.1) is 11.7 Å². The van der Waals surface area contributed by atoms with Gasteiger partial charge in [-0.1, -0.05) is 44.9 Å². The Morgan fingerprint density at radius 1 is 1.06 bits per heavy atom. The minimum Gasteiger partial charge on any atom is -0.385 e. The van der Waals surface area contributed by atoms with Crippen molar-refractivity contribution in [2.75, 3.05) is 26.8 Å². The fourth-order valence-electron chi connectivity index (χ4n) is 3.77. The molecule has 5 nitrogen and oxygen atoms in total. The monoisotopic (exact) mass is 476 g/mol. The largest absolute Gasteiger partial charge is 0.385 e. The van der Waals surface area contributed by atoms with Crippen molar-refractivity contribution in [1.82, 2.24) is 9.80 Å². The van der Waals surface area contributed by atoms with E-state index in [4.69, 9.17) is 4.74 Å². The highest BCUT2D eigenvalue weighted by molar-refractivity contribution is 7.09. The molecule has 0 aliphatic carbocycles. The summed E-state index contributed by atoms with van der Waals surface area (Å²) in [4.78, 5) is 31.3. The van der Waals surface area contributed by atoms with Crippen LogP contribution in [0.1, 0.15) is 56.4 Å². The topological polar surface area (TPSA) is 49.9 Å². The van der Waals surface area contributed by atoms with Crippen LogP contribution in [0.3, 0.4) is 0 Å². The number of benzene rings is 1. The van der Waals surface area contributed by atoms with E-state index in [9.17, 15) is 14.0 Å². The molecule has 1 atom stereocenters. The molecule has 0 fully saturated rings. The van der Waals surface area contributed by atoms with Crippen LogP contribution in [0.15, 0.2) is 41.8 Å². The smallest absolute Gasteiger partial charge is 0.242 e. The highest BCUT2D eigenvalue weighted by atomic mass is 32.1.